The minimum atomic E-state index is -3.25. The molecule has 4 N–H and O–H groups in total. The van der Waals surface area contributed by atoms with Crippen LogP contribution in [0.5, 0.6) is 0 Å². The van der Waals surface area contributed by atoms with Gasteiger partial charge in [-0.05, 0) is 24.3 Å². The van der Waals surface area contributed by atoms with E-state index in [1.165, 1.54) is 11.0 Å². The number of nitrogens with one attached hydrogen (secondary N) is 2. The first-order valence-electron chi connectivity index (χ1n) is 8.44. The number of nitrogens with zero attached hydrogens (tertiary/aromatic N) is 3. The van der Waals surface area contributed by atoms with Crippen LogP contribution in [-0.2, 0) is 20.4 Å². The third-order valence-corrected chi connectivity index (χ3v) is 4.75. The van der Waals surface area contributed by atoms with Crippen LogP contribution in [0.15, 0.2) is 30.3 Å². The molecule has 0 atom stereocenters. The molecule has 0 bridgehead atoms. The molecule has 0 aliphatic carbocycles. The van der Waals surface area contributed by atoms with Crippen molar-refractivity contribution < 1.29 is 18.0 Å². The smallest absolute Gasteiger partial charge is 0.322 e. The van der Waals surface area contributed by atoms with E-state index in [-0.39, 0.29) is 30.1 Å². The lowest BCUT2D eigenvalue weighted by atomic mass is 10.2. The van der Waals surface area contributed by atoms with Gasteiger partial charge in [-0.25, -0.2) is 23.2 Å². The fourth-order valence-electron chi connectivity index (χ4n) is 2.71. The molecule has 1 saturated heterocycles. The summed E-state index contributed by atoms with van der Waals surface area (Å²) in [5.74, 6) is 0.0404. The summed E-state index contributed by atoms with van der Waals surface area (Å²) in [5, 5.41) is 5.38. The average Bonchev–Trinajstić information content (AvgIpc) is 2.60. The molecule has 3 rings (SSSR count). The lowest BCUT2D eigenvalue weighted by molar-refractivity contribution is -0.123. The Balaban J connectivity index is 1.74. The van der Waals surface area contributed by atoms with Crippen molar-refractivity contribution in [2.75, 3.05) is 36.9 Å². The van der Waals surface area contributed by atoms with Crippen LogP contribution in [0.3, 0.4) is 0 Å². The van der Waals surface area contributed by atoms with Crippen molar-refractivity contribution >= 4 is 33.3 Å². The number of carbonyl (C=O) groups is 2. The summed E-state index contributed by atoms with van der Waals surface area (Å²) in [6.07, 6.45) is 1.12. The van der Waals surface area contributed by atoms with Gasteiger partial charge in [0.15, 0.2) is 15.7 Å². The molecule has 0 spiro atoms. The van der Waals surface area contributed by atoms with Crippen LogP contribution in [0.1, 0.15) is 5.69 Å². The van der Waals surface area contributed by atoms with E-state index in [1.54, 1.807) is 24.3 Å². The Kier molecular flexibility index (Phi) is 5.45. The molecule has 28 heavy (non-hydrogen) atoms. The number of amides is 3. The van der Waals surface area contributed by atoms with Crippen LogP contribution >= 0.6 is 0 Å². The van der Waals surface area contributed by atoms with Gasteiger partial charge in [-0.1, -0.05) is 0 Å². The number of benzene rings is 1. The Morgan fingerprint density at radius 2 is 2.00 bits per heavy atom. The minimum Gasteiger partial charge on any atom is -0.384 e. The van der Waals surface area contributed by atoms with E-state index in [0.29, 0.717) is 35.9 Å². The van der Waals surface area contributed by atoms with Gasteiger partial charge in [0.2, 0.25) is 5.91 Å². The van der Waals surface area contributed by atoms with Crippen molar-refractivity contribution in [1.82, 2.24) is 20.2 Å². The van der Waals surface area contributed by atoms with Crippen molar-refractivity contribution in [2.24, 2.45) is 0 Å². The minimum absolute atomic E-state index is 0.0180. The molecule has 1 aliphatic rings. The van der Waals surface area contributed by atoms with Gasteiger partial charge in [0.25, 0.3) is 0 Å². The molecule has 3 amide bonds. The zero-order valence-electron chi connectivity index (χ0n) is 15.2. The Bertz CT molecular complexity index is 1010. The molecule has 2 heterocycles. The fraction of sp³-hybridized carbons (Fsp3) is 0.294. The fourth-order valence-corrected chi connectivity index (χ4v) is 3.39. The Labute approximate surface area is 162 Å². The van der Waals surface area contributed by atoms with Crippen LogP contribution in [0.4, 0.5) is 16.3 Å². The normalized spacial score (nSPS) is 14.5. The van der Waals surface area contributed by atoms with Crippen LogP contribution in [-0.4, -0.2) is 61.1 Å². The topological polar surface area (TPSA) is 147 Å². The lowest BCUT2D eigenvalue weighted by Crippen LogP contribution is -2.51. The maximum Gasteiger partial charge on any atom is 0.322 e. The van der Waals surface area contributed by atoms with Gasteiger partial charge in [0.1, 0.15) is 12.4 Å². The maximum absolute atomic E-state index is 12.2. The van der Waals surface area contributed by atoms with Gasteiger partial charge >= 0.3 is 6.03 Å². The highest BCUT2D eigenvalue weighted by atomic mass is 32.2. The molecule has 2 aromatic rings. The van der Waals surface area contributed by atoms with Crippen LogP contribution in [0.25, 0.3) is 11.4 Å². The number of hydrogen-bond acceptors (Lipinski definition) is 7. The second-order valence-electron chi connectivity index (χ2n) is 6.46. The van der Waals surface area contributed by atoms with Crippen molar-refractivity contribution in [3.8, 4) is 11.4 Å². The molecule has 1 fully saturated rings. The van der Waals surface area contributed by atoms with Gasteiger partial charge in [0, 0.05) is 36.7 Å². The number of piperazine rings is 1. The van der Waals surface area contributed by atoms with Crippen LogP contribution in [0.2, 0.25) is 0 Å². The third kappa shape index (κ3) is 5.16. The van der Waals surface area contributed by atoms with Gasteiger partial charge in [0.05, 0.1) is 11.4 Å². The van der Waals surface area contributed by atoms with E-state index in [1.807, 2.05) is 0 Å². The molecule has 0 saturated carbocycles. The Morgan fingerprint density at radius 1 is 1.29 bits per heavy atom. The Hall–Kier alpha value is -3.21. The van der Waals surface area contributed by atoms with Crippen molar-refractivity contribution in [2.45, 2.75) is 5.75 Å². The summed E-state index contributed by atoms with van der Waals surface area (Å²) < 4.78 is 23.0. The van der Waals surface area contributed by atoms with Crippen LogP contribution in [0, 0.1) is 0 Å². The molecular formula is C17H20N6O4S. The number of anilines is 2. The predicted octanol–water partition coefficient (Wildman–Crippen LogP) is 0.234. The van der Waals surface area contributed by atoms with Crippen LogP contribution < -0.4 is 16.4 Å². The first-order chi connectivity index (χ1) is 13.2. The zero-order chi connectivity index (χ0) is 20.3. The molecule has 0 radical (unpaired) electrons. The molecule has 0 unspecified atom stereocenters. The zero-order valence-corrected chi connectivity index (χ0v) is 16.0. The number of urea groups is 1. The van der Waals surface area contributed by atoms with Gasteiger partial charge in [-0.15, -0.1) is 0 Å². The molecule has 1 aromatic heterocycles. The summed E-state index contributed by atoms with van der Waals surface area (Å²) >= 11 is 0. The van der Waals surface area contributed by atoms with Gasteiger partial charge in [-0.3, -0.25) is 4.79 Å². The molecule has 10 nitrogen and oxygen atoms in total. The van der Waals surface area contributed by atoms with E-state index in [4.69, 9.17) is 5.73 Å². The van der Waals surface area contributed by atoms with E-state index in [0.717, 1.165) is 6.26 Å². The molecule has 1 aromatic carbocycles. The predicted molar refractivity (Wildman–Crippen MR) is 104 cm³/mol. The first-order valence-corrected chi connectivity index (χ1v) is 10.5. The molecular weight excluding hydrogens is 384 g/mol. The second kappa shape index (κ2) is 7.80. The number of hydrogen-bond donors (Lipinski definition) is 3. The first kappa shape index (κ1) is 19.5. The maximum atomic E-state index is 12.2. The average molecular weight is 404 g/mol. The van der Waals surface area contributed by atoms with Crippen molar-refractivity contribution in [3.05, 3.63) is 36.0 Å². The number of aromatic nitrogens is 2. The van der Waals surface area contributed by atoms with Gasteiger partial charge in [-0.2, -0.15) is 0 Å². The number of nitrogens with two attached hydrogens (primary N) is 1. The summed E-state index contributed by atoms with van der Waals surface area (Å²) in [7, 11) is -3.25. The SMILES string of the molecule is CS(=O)(=O)Cc1cc(N)nc(-c2ccc(NC(=O)N3CCNC(=O)C3)cc2)n1. The van der Waals surface area contributed by atoms with Gasteiger partial charge < -0.3 is 21.3 Å². The highest BCUT2D eigenvalue weighted by Gasteiger charge is 2.21. The monoisotopic (exact) mass is 404 g/mol. The lowest BCUT2D eigenvalue weighted by Gasteiger charge is -2.26. The van der Waals surface area contributed by atoms with Crippen molar-refractivity contribution in [3.63, 3.8) is 0 Å². The van der Waals surface area contributed by atoms with E-state index in [2.05, 4.69) is 20.6 Å². The highest BCUT2D eigenvalue weighted by molar-refractivity contribution is 7.89. The van der Waals surface area contributed by atoms with E-state index >= 15 is 0 Å². The summed E-state index contributed by atoms with van der Waals surface area (Å²) in [5.41, 5.74) is 7.24. The summed E-state index contributed by atoms with van der Waals surface area (Å²) in [6.45, 7) is 0.883. The summed E-state index contributed by atoms with van der Waals surface area (Å²) in [6, 6.07) is 7.78. The number of nitrogen functional groups attached to an aromatic ring is 1. The molecule has 148 valence electrons. The standard InChI is InChI=1S/C17H20N6O4S/c1-28(26,27)10-13-8-14(18)22-16(20-13)11-2-4-12(5-3-11)21-17(25)23-7-6-19-15(24)9-23/h2-5,8H,6-7,9-10H2,1H3,(H,19,24)(H,21,25)(H2,18,20,22). The quantitative estimate of drug-likeness (QED) is 0.661. The Morgan fingerprint density at radius 3 is 2.64 bits per heavy atom. The molecule has 11 heteroatoms. The second-order valence-corrected chi connectivity index (χ2v) is 8.60. The number of rotatable bonds is 4. The third-order valence-electron chi connectivity index (χ3n) is 3.93. The molecule has 1 aliphatic heterocycles. The van der Waals surface area contributed by atoms with Crippen molar-refractivity contribution in [1.29, 1.82) is 0 Å². The van der Waals surface area contributed by atoms with E-state index in [9.17, 15) is 18.0 Å². The van der Waals surface area contributed by atoms with E-state index < -0.39 is 9.84 Å². The number of sulfone groups is 1. The number of carbonyl (C=O) groups excluding carboxylic acids is 2. The highest BCUT2D eigenvalue weighted by Crippen LogP contribution is 2.20. The largest absolute Gasteiger partial charge is 0.384 e. The summed E-state index contributed by atoms with van der Waals surface area (Å²) in [4.78, 5) is 33.4.